The Hall–Kier alpha value is -2.05. The quantitative estimate of drug-likeness (QED) is 0.841. The number of rotatable bonds is 6. The van der Waals surface area contributed by atoms with Crippen LogP contribution in [0, 0.1) is 6.92 Å². The molecule has 1 aliphatic heterocycles. The van der Waals surface area contributed by atoms with Gasteiger partial charge in [-0.2, -0.15) is 0 Å². The first-order valence-electron chi connectivity index (χ1n) is 9.03. The SMILES string of the molecule is CCOCc1nc2c(c(N[C@H](C)c3ccc(C)cn3)n1)CCNCC2. The lowest BCUT2D eigenvalue weighted by atomic mass is 10.1. The van der Waals surface area contributed by atoms with Crippen molar-refractivity contribution in [3.05, 3.63) is 46.7 Å². The fraction of sp³-hybridized carbons (Fsp3) is 0.526. The minimum Gasteiger partial charge on any atom is -0.374 e. The maximum Gasteiger partial charge on any atom is 0.156 e. The average Bonchev–Trinajstić information content (AvgIpc) is 2.86. The molecule has 2 N–H and O–H groups in total. The van der Waals surface area contributed by atoms with Crippen LogP contribution in [0.4, 0.5) is 5.82 Å². The number of fused-ring (bicyclic) bond motifs is 1. The Kier molecular flexibility index (Phi) is 5.94. The van der Waals surface area contributed by atoms with Crippen LogP contribution in [0.15, 0.2) is 18.3 Å². The molecule has 0 aromatic carbocycles. The van der Waals surface area contributed by atoms with Crippen molar-refractivity contribution in [3.63, 3.8) is 0 Å². The highest BCUT2D eigenvalue weighted by Crippen LogP contribution is 2.24. The molecule has 1 aliphatic rings. The molecule has 134 valence electrons. The van der Waals surface area contributed by atoms with Gasteiger partial charge < -0.3 is 15.4 Å². The van der Waals surface area contributed by atoms with Crippen LogP contribution >= 0.6 is 0 Å². The Bertz CT molecular complexity index is 702. The van der Waals surface area contributed by atoms with E-state index in [2.05, 4.69) is 34.7 Å². The Balaban J connectivity index is 1.88. The van der Waals surface area contributed by atoms with Gasteiger partial charge in [-0.1, -0.05) is 6.07 Å². The van der Waals surface area contributed by atoms with Crippen molar-refractivity contribution >= 4 is 5.82 Å². The minimum atomic E-state index is 0.0794. The van der Waals surface area contributed by atoms with E-state index in [0.717, 1.165) is 54.5 Å². The molecule has 6 heteroatoms. The highest BCUT2D eigenvalue weighted by molar-refractivity contribution is 5.49. The molecule has 0 saturated heterocycles. The highest BCUT2D eigenvalue weighted by atomic mass is 16.5. The Morgan fingerprint density at radius 1 is 1.24 bits per heavy atom. The number of nitrogens with zero attached hydrogens (tertiary/aromatic N) is 3. The lowest BCUT2D eigenvalue weighted by Crippen LogP contribution is -2.16. The second-order valence-corrected chi connectivity index (χ2v) is 6.43. The van der Waals surface area contributed by atoms with Crippen LogP contribution in [-0.2, 0) is 24.2 Å². The Morgan fingerprint density at radius 3 is 2.84 bits per heavy atom. The first kappa shape index (κ1) is 17.8. The molecule has 25 heavy (non-hydrogen) atoms. The van der Waals surface area contributed by atoms with Crippen molar-refractivity contribution in [1.29, 1.82) is 0 Å². The molecular formula is C19H27N5O. The molecule has 0 unspecified atom stereocenters. The zero-order chi connectivity index (χ0) is 17.6. The van der Waals surface area contributed by atoms with E-state index in [9.17, 15) is 0 Å². The van der Waals surface area contributed by atoms with E-state index < -0.39 is 0 Å². The van der Waals surface area contributed by atoms with E-state index in [1.165, 1.54) is 5.56 Å². The molecule has 1 atom stereocenters. The number of anilines is 1. The summed E-state index contributed by atoms with van der Waals surface area (Å²) in [5.74, 6) is 1.66. The topological polar surface area (TPSA) is 72.0 Å². The maximum atomic E-state index is 5.52. The van der Waals surface area contributed by atoms with Crippen molar-refractivity contribution in [2.75, 3.05) is 25.0 Å². The summed E-state index contributed by atoms with van der Waals surface area (Å²) in [6, 6.07) is 4.23. The first-order valence-corrected chi connectivity index (χ1v) is 9.03. The summed E-state index contributed by atoms with van der Waals surface area (Å²) < 4.78 is 5.52. The number of ether oxygens (including phenoxy) is 1. The standard InChI is InChI=1S/C19H27N5O/c1-4-25-12-18-23-17-8-10-20-9-7-15(17)19(24-18)22-14(3)16-6-5-13(2)11-21-16/h5-6,11,14,20H,4,7-10,12H2,1-3H3,(H,22,23,24)/t14-/m1/s1. The molecule has 0 aliphatic carbocycles. The second kappa shape index (κ2) is 8.36. The number of hydrogen-bond donors (Lipinski definition) is 2. The predicted octanol–water partition coefficient (Wildman–Crippen LogP) is 2.58. The van der Waals surface area contributed by atoms with Gasteiger partial charge in [0.15, 0.2) is 5.82 Å². The van der Waals surface area contributed by atoms with Gasteiger partial charge in [0.05, 0.1) is 17.4 Å². The molecule has 0 saturated carbocycles. The van der Waals surface area contributed by atoms with Crippen molar-refractivity contribution in [2.45, 2.75) is 46.3 Å². The van der Waals surface area contributed by atoms with Crippen molar-refractivity contribution in [3.8, 4) is 0 Å². The lowest BCUT2D eigenvalue weighted by Gasteiger charge is -2.19. The predicted molar refractivity (Wildman–Crippen MR) is 98.7 cm³/mol. The van der Waals surface area contributed by atoms with Crippen molar-refractivity contribution in [2.24, 2.45) is 0 Å². The summed E-state index contributed by atoms with van der Waals surface area (Å²) >= 11 is 0. The Labute approximate surface area is 149 Å². The fourth-order valence-corrected chi connectivity index (χ4v) is 2.99. The molecule has 0 radical (unpaired) electrons. The smallest absolute Gasteiger partial charge is 0.156 e. The number of pyridine rings is 1. The maximum absolute atomic E-state index is 5.52. The molecule has 3 heterocycles. The van der Waals surface area contributed by atoms with Gasteiger partial charge in [0.1, 0.15) is 12.4 Å². The number of aromatic nitrogens is 3. The van der Waals surface area contributed by atoms with Gasteiger partial charge in [0.25, 0.3) is 0 Å². The van der Waals surface area contributed by atoms with Crippen LogP contribution < -0.4 is 10.6 Å². The van der Waals surface area contributed by atoms with E-state index in [1.807, 2.05) is 20.0 Å². The summed E-state index contributed by atoms with van der Waals surface area (Å²) in [6.45, 7) is 9.16. The first-order chi connectivity index (χ1) is 12.2. The van der Waals surface area contributed by atoms with Gasteiger partial charge in [0, 0.05) is 31.3 Å². The molecule has 0 fully saturated rings. The zero-order valence-electron chi connectivity index (χ0n) is 15.3. The van der Waals surface area contributed by atoms with Crippen LogP contribution in [-0.4, -0.2) is 34.6 Å². The van der Waals surface area contributed by atoms with Gasteiger partial charge in [-0.3, -0.25) is 4.98 Å². The van der Waals surface area contributed by atoms with Crippen LogP contribution in [0.5, 0.6) is 0 Å². The van der Waals surface area contributed by atoms with E-state index in [4.69, 9.17) is 14.7 Å². The summed E-state index contributed by atoms with van der Waals surface area (Å²) in [4.78, 5) is 14.0. The van der Waals surface area contributed by atoms with E-state index in [0.29, 0.717) is 13.2 Å². The third kappa shape index (κ3) is 4.52. The molecule has 3 rings (SSSR count). The molecule has 0 bridgehead atoms. The average molecular weight is 341 g/mol. The van der Waals surface area contributed by atoms with Gasteiger partial charge in [-0.15, -0.1) is 0 Å². The third-order valence-electron chi connectivity index (χ3n) is 4.40. The number of aryl methyl sites for hydroxylation is 1. The molecule has 2 aromatic rings. The van der Waals surface area contributed by atoms with Gasteiger partial charge in [0.2, 0.25) is 0 Å². The van der Waals surface area contributed by atoms with Crippen molar-refractivity contribution in [1.82, 2.24) is 20.3 Å². The minimum absolute atomic E-state index is 0.0794. The molecule has 0 amide bonds. The van der Waals surface area contributed by atoms with Crippen LogP contribution in [0.3, 0.4) is 0 Å². The highest BCUT2D eigenvalue weighted by Gasteiger charge is 2.18. The van der Waals surface area contributed by atoms with Crippen LogP contribution in [0.2, 0.25) is 0 Å². The normalized spacial score (nSPS) is 15.3. The van der Waals surface area contributed by atoms with Gasteiger partial charge >= 0.3 is 0 Å². The Morgan fingerprint density at radius 2 is 2.08 bits per heavy atom. The fourth-order valence-electron chi connectivity index (χ4n) is 2.99. The van der Waals surface area contributed by atoms with E-state index >= 15 is 0 Å². The van der Waals surface area contributed by atoms with E-state index in [-0.39, 0.29) is 6.04 Å². The van der Waals surface area contributed by atoms with Crippen LogP contribution in [0.1, 0.15) is 48.2 Å². The lowest BCUT2D eigenvalue weighted by molar-refractivity contribution is 0.128. The number of nitrogens with one attached hydrogen (secondary N) is 2. The van der Waals surface area contributed by atoms with Crippen molar-refractivity contribution < 1.29 is 4.74 Å². The van der Waals surface area contributed by atoms with Gasteiger partial charge in [-0.25, -0.2) is 9.97 Å². The second-order valence-electron chi connectivity index (χ2n) is 6.43. The molecule has 6 nitrogen and oxygen atoms in total. The largest absolute Gasteiger partial charge is 0.374 e. The third-order valence-corrected chi connectivity index (χ3v) is 4.40. The number of hydrogen-bond acceptors (Lipinski definition) is 6. The summed E-state index contributed by atoms with van der Waals surface area (Å²) in [7, 11) is 0. The zero-order valence-corrected chi connectivity index (χ0v) is 15.3. The monoisotopic (exact) mass is 341 g/mol. The summed E-state index contributed by atoms with van der Waals surface area (Å²) in [5.41, 5.74) is 4.51. The summed E-state index contributed by atoms with van der Waals surface area (Å²) in [5, 5.41) is 6.99. The molecule has 0 spiro atoms. The van der Waals surface area contributed by atoms with E-state index in [1.54, 1.807) is 0 Å². The van der Waals surface area contributed by atoms with Gasteiger partial charge in [-0.05, 0) is 45.4 Å². The molecule has 2 aromatic heterocycles. The summed E-state index contributed by atoms with van der Waals surface area (Å²) in [6.07, 6.45) is 3.75. The van der Waals surface area contributed by atoms with Crippen LogP contribution in [0.25, 0.3) is 0 Å². The molecular weight excluding hydrogens is 314 g/mol.